The second-order valence-electron chi connectivity index (χ2n) is 2.65. The average molecular weight is 189 g/mol. The van der Waals surface area contributed by atoms with Gasteiger partial charge in [0.2, 0.25) is 0 Å². The maximum atomic E-state index is 11.7. The maximum Gasteiger partial charge on any atom is 0.422 e. The van der Waals surface area contributed by atoms with Gasteiger partial charge in [-0.05, 0) is 30.7 Å². The fourth-order valence-corrected chi connectivity index (χ4v) is 0.811. The molecule has 1 aromatic rings. The number of benzene rings is 1. The minimum Gasteiger partial charge on any atom is -0.484 e. The summed E-state index contributed by atoms with van der Waals surface area (Å²) in [6.07, 6.45) is -4.29. The first-order chi connectivity index (χ1) is 5.97. The molecule has 4 heteroatoms. The van der Waals surface area contributed by atoms with E-state index >= 15 is 0 Å². The molecule has 0 aliphatic heterocycles. The summed E-state index contributed by atoms with van der Waals surface area (Å²) in [7, 11) is 0. The van der Waals surface area contributed by atoms with Crippen LogP contribution in [-0.4, -0.2) is 12.8 Å². The van der Waals surface area contributed by atoms with Gasteiger partial charge < -0.3 is 4.74 Å². The van der Waals surface area contributed by atoms with E-state index in [0.29, 0.717) is 0 Å². The van der Waals surface area contributed by atoms with Crippen molar-refractivity contribution in [1.82, 2.24) is 0 Å². The summed E-state index contributed by atoms with van der Waals surface area (Å²) in [4.78, 5) is 0. The molecule has 1 aromatic carbocycles. The number of aryl methyl sites for hydroxylation is 1. The van der Waals surface area contributed by atoms with Gasteiger partial charge in [0, 0.05) is 0 Å². The fourth-order valence-electron chi connectivity index (χ4n) is 0.811. The van der Waals surface area contributed by atoms with Crippen molar-refractivity contribution >= 4 is 0 Å². The first-order valence-corrected chi connectivity index (χ1v) is 3.65. The Kier molecular flexibility index (Phi) is 2.80. The largest absolute Gasteiger partial charge is 0.484 e. The molecule has 0 N–H and O–H groups in total. The molecule has 0 spiro atoms. The molecule has 0 aliphatic carbocycles. The van der Waals surface area contributed by atoms with Crippen molar-refractivity contribution in [3.05, 3.63) is 29.8 Å². The molecule has 1 nitrogen and oxygen atoms in total. The van der Waals surface area contributed by atoms with Gasteiger partial charge in [0.05, 0.1) is 0 Å². The van der Waals surface area contributed by atoms with Crippen LogP contribution in [0.1, 0.15) is 5.56 Å². The third-order valence-corrected chi connectivity index (χ3v) is 1.31. The van der Waals surface area contributed by atoms with E-state index in [1.807, 2.05) is 0 Å². The van der Waals surface area contributed by atoms with Crippen LogP contribution < -0.4 is 4.74 Å². The molecular weight excluding hydrogens is 181 g/mol. The number of hydrogen-bond acceptors (Lipinski definition) is 1. The third kappa shape index (κ3) is 3.83. The van der Waals surface area contributed by atoms with E-state index in [-0.39, 0.29) is 5.75 Å². The van der Waals surface area contributed by atoms with E-state index < -0.39 is 12.8 Å². The third-order valence-electron chi connectivity index (χ3n) is 1.31. The highest BCUT2D eigenvalue weighted by Gasteiger charge is 2.28. The van der Waals surface area contributed by atoms with Crippen LogP contribution in [0.25, 0.3) is 0 Å². The molecule has 13 heavy (non-hydrogen) atoms. The Hall–Kier alpha value is -1.19. The van der Waals surface area contributed by atoms with Crippen molar-refractivity contribution in [2.45, 2.75) is 13.1 Å². The minimum atomic E-state index is -4.29. The molecule has 1 rings (SSSR count). The van der Waals surface area contributed by atoms with Gasteiger partial charge in [0.1, 0.15) is 5.75 Å². The number of halogens is 3. The second-order valence-corrected chi connectivity index (χ2v) is 2.65. The molecule has 0 aliphatic rings. The first-order valence-electron chi connectivity index (χ1n) is 3.65. The topological polar surface area (TPSA) is 9.23 Å². The molecule has 0 heterocycles. The van der Waals surface area contributed by atoms with Crippen LogP contribution in [0, 0.1) is 13.0 Å². The quantitative estimate of drug-likeness (QED) is 0.695. The summed E-state index contributed by atoms with van der Waals surface area (Å²) < 4.78 is 39.6. The monoisotopic (exact) mass is 189 g/mol. The van der Waals surface area contributed by atoms with E-state index in [2.05, 4.69) is 10.8 Å². The first kappa shape index (κ1) is 9.89. The molecule has 0 bridgehead atoms. The lowest BCUT2D eigenvalue weighted by atomic mass is 10.2. The summed E-state index contributed by atoms with van der Waals surface area (Å²) in [6.45, 7) is 0.501. The van der Waals surface area contributed by atoms with E-state index in [1.54, 1.807) is 13.0 Å². The number of ether oxygens (including phenoxy) is 1. The van der Waals surface area contributed by atoms with Crippen LogP contribution in [0.2, 0.25) is 0 Å². The van der Waals surface area contributed by atoms with E-state index in [4.69, 9.17) is 0 Å². The SMILES string of the molecule is Cc1c[c]cc(OCC(F)(F)F)c1. The number of alkyl halides is 3. The van der Waals surface area contributed by atoms with Crippen molar-refractivity contribution in [2.24, 2.45) is 0 Å². The van der Waals surface area contributed by atoms with Gasteiger partial charge in [-0.2, -0.15) is 13.2 Å². The summed E-state index contributed by atoms with van der Waals surface area (Å²) in [5, 5.41) is 0. The van der Waals surface area contributed by atoms with Crippen molar-refractivity contribution < 1.29 is 17.9 Å². The van der Waals surface area contributed by atoms with Gasteiger partial charge in [0.15, 0.2) is 6.61 Å². The van der Waals surface area contributed by atoms with Gasteiger partial charge in [-0.15, -0.1) is 0 Å². The maximum absolute atomic E-state index is 11.7. The van der Waals surface area contributed by atoms with Crippen LogP contribution in [0.4, 0.5) is 13.2 Å². The highest BCUT2D eigenvalue weighted by Crippen LogP contribution is 2.18. The summed E-state index contributed by atoms with van der Waals surface area (Å²) in [6, 6.07) is 7.24. The standard InChI is InChI=1S/C9H8F3O/c1-7-3-2-4-8(5-7)13-6-9(10,11)12/h3-5H,6H2,1H3. The van der Waals surface area contributed by atoms with Crippen LogP contribution in [0.3, 0.4) is 0 Å². The molecule has 71 valence electrons. The van der Waals surface area contributed by atoms with Crippen molar-refractivity contribution in [3.63, 3.8) is 0 Å². The molecule has 0 fully saturated rings. The van der Waals surface area contributed by atoms with E-state index in [0.717, 1.165) is 5.56 Å². The van der Waals surface area contributed by atoms with Crippen LogP contribution in [0.5, 0.6) is 5.75 Å². The summed E-state index contributed by atoms with van der Waals surface area (Å²) in [5.41, 5.74) is 0.819. The molecule has 0 atom stereocenters. The normalized spacial score (nSPS) is 11.4. The zero-order valence-corrected chi connectivity index (χ0v) is 6.98. The highest BCUT2D eigenvalue weighted by molar-refractivity contribution is 5.26. The molecule has 1 radical (unpaired) electrons. The number of rotatable bonds is 2. The Morgan fingerprint density at radius 1 is 1.38 bits per heavy atom. The molecule has 0 saturated carbocycles. The van der Waals surface area contributed by atoms with E-state index in [1.165, 1.54) is 12.1 Å². The Labute approximate surface area is 74.1 Å². The van der Waals surface area contributed by atoms with Gasteiger partial charge in [-0.3, -0.25) is 0 Å². The molecule has 0 saturated heterocycles. The highest BCUT2D eigenvalue weighted by atomic mass is 19.4. The predicted molar refractivity (Wildman–Crippen MR) is 41.6 cm³/mol. The van der Waals surface area contributed by atoms with Gasteiger partial charge in [-0.25, -0.2) is 0 Å². The van der Waals surface area contributed by atoms with Crippen LogP contribution in [0.15, 0.2) is 18.2 Å². The smallest absolute Gasteiger partial charge is 0.422 e. The van der Waals surface area contributed by atoms with Gasteiger partial charge in [-0.1, -0.05) is 6.07 Å². The lowest BCUT2D eigenvalue weighted by Gasteiger charge is -2.08. The minimum absolute atomic E-state index is 0.192. The molecule has 0 amide bonds. The zero-order chi connectivity index (χ0) is 9.90. The van der Waals surface area contributed by atoms with Crippen molar-refractivity contribution in [3.8, 4) is 5.75 Å². The number of hydrogen-bond donors (Lipinski definition) is 0. The Morgan fingerprint density at radius 3 is 2.62 bits per heavy atom. The second kappa shape index (κ2) is 3.68. The Balaban J connectivity index is 2.55. The molecule has 0 aromatic heterocycles. The summed E-state index contributed by atoms with van der Waals surface area (Å²) in [5.74, 6) is 0.192. The lowest BCUT2D eigenvalue weighted by Crippen LogP contribution is -2.19. The Bertz CT molecular complexity index is 280. The van der Waals surface area contributed by atoms with Gasteiger partial charge >= 0.3 is 6.18 Å². The van der Waals surface area contributed by atoms with Crippen LogP contribution >= 0.6 is 0 Å². The fraction of sp³-hybridized carbons (Fsp3) is 0.333. The molecule has 0 unspecified atom stereocenters. The summed E-state index contributed by atoms with van der Waals surface area (Å²) >= 11 is 0. The van der Waals surface area contributed by atoms with E-state index in [9.17, 15) is 13.2 Å². The Morgan fingerprint density at radius 2 is 2.08 bits per heavy atom. The lowest BCUT2D eigenvalue weighted by molar-refractivity contribution is -0.153. The molecular formula is C9H8F3O. The predicted octanol–water partition coefficient (Wildman–Crippen LogP) is 2.74. The van der Waals surface area contributed by atoms with Crippen molar-refractivity contribution in [2.75, 3.05) is 6.61 Å². The van der Waals surface area contributed by atoms with Gasteiger partial charge in [0.25, 0.3) is 0 Å². The average Bonchev–Trinajstić information content (AvgIpc) is 2.00. The van der Waals surface area contributed by atoms with Crippen LogP contribution in [-0.2, 0) is 0 Å². The zero-order valence-electron chi connectivity index (χ0n) is 6.98. The van der Waals surface area contributed by atoms with Crippen molar-refractivity contribution in [1.29, 1.82) is 0 Å².